The Hall–Kier alpha value is -4.45. The highest BCUT2D eigenvalue weighted by Gasteiger charge is 2.29. The summed E-state index contributed by atoms with van der Waals surface area (Å²) in [5.74, 6) is -2.03. The van der Waals surface area contributed by atoms with E-state index in [1.54, 1.807) is 38.7 Å². The molecule has 43 heavy (non-hydrogen) atoms. The van der Waals surface area contributed by atoms with Gasteiger partial charge in [-0.25, -0.2) is 27.9 Å². The third-order valence-electron chi connectivity index (χ3n) is 6.93. The smallest absolute Gasteiger partial charge is 0.410 e. The fraction of sp³-hybridized carbons (Fsp3) is 0.355. The molecule has 2 aromatic heterocycles. The Morgan fingerprint density at radius 1 is 0.977 bits per heavy atom. The van der Waals surface area contributed by atoms with Gasteiger partial charge < -0.3 is 24.4 Å². The number of anilines is 1. The van der Waals surface area contributed by atoms with Crippen LogP contribution in [-0.4, -0.2) is 62.8 Å². The molecular formula is C31H32F3N5O4. The van der Waals surface area contributed by atoms with Gasteiger partial charge in [0.2, 0.25) is 0 Å². The maximum absolute atomic E-state index is 16.3. The molecule has 4 aromatic rings. The van der Waals surface area contributed by atoms with E-state index in [1.165, 1.54) is 30.5 Å². The lowest BCUT2D eigenvalue weighted by Crippen LogP contribution is -2.50. The lowest BCUT2D eigenvalue weighted by Gasteiger charge is -2.36. The number of piperazine rings is 1. The minimum absolute atomic E-state index is 0.0922. The van der Waals surface area contributed by atoms with Crippen LogP contribution >= 0.6 is 0 Å². The van der Waals surface area contributed by atoms with Crippen LogP contribution in [0.2, 0.25) is 0 Å². The first kappa shape index (κ1) is 30.0. The number of fused-ring (bicyclic) bond motifs is 1. The van der Waals surface area contributed by atoms with Crippen molar-refractivity contribution in [3.63, 3.8) is 0 Å². The van der Waals surface area contributed by atoms with Gasteiger partial charge >= 0.3 is 6.09 Å². The predicted octanol–water partition coefficient (Wildman–Crippen LogP) is 5.90. The Labute approximate surface area is 246 Å². The number of hydrogen-bond donors (Lipinski definition) is 1. The standard InChI is InChI=1S/C31H32F3N5O4/c1-18-15-19-28(27(34)25(18)26-21(33)7-5-9-23(26)40)36-24(17-42-16-22-20(32)8-6-10-35-22)37-29(19)38-11-13-39(14-12-38)30(41)43-31(2,3)4/h5-10,15,40H,11-14,16-17H2,1-4H3. The van der Waals surface area contributed by atoms with Crippen LogP contribution in [0.15, 0.2) is 42.6 Å². The fourth-order valence-electron chi connectivity index (χ4n) is 4.95. The molecule has 0 unspecified atom stereocenters. The zero-order valence-corrected chi connectivity index (χ0v) is 24.3. The molecule has 1 N–H and O–H groups in total. The lowest BCUT2D eigenvalue weighted by molar-refractivity contribution is 0.0240. The Morgan fingerprint density at radius 2 is 1.70 bits per heavy atom. The molecule has 0 atom stereocenters. The molecule has 5 rings (SSSR count). The van der Waals surface area contributed by atoms with Crippen molar-refractivity contribution >= 4 is 22.8 Å². The molecule has 1 fully saturated rings. The summed E-state index contributed by atoms with van der Waals surface area (Å²) in [6.07, 6.45) is 1.02. The van der Waals surface area contributed by atoms with Gasteiger partial charge in [-0.05, 0) is 63.6 Å². The number of hydrogen-bond acceptors (Lipinski definition) is 8. The van der Waals surface area contributed by atoms with Crippen LogP contribution in [-0.2, 0) is 22.7 Å². The number of aromatic hydroxyl groups is 1. The number of phenols is 1. The zero-order chi connectivity index (χ0) is 30.9. The van der Waals surface area contributed by atoms with E-state index < -0.39 is 34.9 Å². The number of ether oxygens (including phenoxy) is 2. The van der Waals surface area contributed by atoms with E-state index in [2.05, 4.69) is 15.0 Å². The van der Waals surface area contributed by atoms with Gasteiger partial charge in [-0.3, -0.25) is 4.98 Å². The molecule has 3 heterocycles. The van der Waals surface area contributed by atoms with Gasteiger partial charge in [-0.1, -0.05) is 6.07 Å². The second-order valence-electron chi connectivity index (χ2n) is 11.3. The van der Waals surface area contributed by atoms with Crippen LogP contribution in [0.25, 0.3) is 22.0 Å². The molecule has 0 spiro atoms. The Bertz CT molecular complexity index is 1650. The molecule has 9 nitrogen and oxygen atoms in total. The number of amides is 1. The topological polar surface area (TPSA) is 101 Å². The van der Waals surface area contributed by atoms with Crippen LogP contribution in [0.5, 0.6) is 5.75 Å². The molecular weight excluding hydrogens is 563 g/mol. The quantitative estimate of drug-likeness (QED) is 0.294. The molecule has 12 heteroatoms. The van der Waals surface area contributed by atoms with Crippen LogP contribution in [0.4, 0.5) is 23.8 Å². The number of rotatable bonds is 6. The monoisotopic (exact) mass is 595 g/mol. The van der Waals surface area contributed by atoms with E-state index in [9.17, 15) is 18.7 Å². The summed E-state index contributed by atoms with van der Waals surface area (Å²) in [5.41, 5.74) is -0.647. The molecule has 1 amide bonds. The van der Waals surface area contributed by atoms with Gasteiger partial charge in [0.25, 0.3) is 0 Å². The van der Waals surface area contributed by atoms with Gasteiger partial charge in [0, 0.05) is 43.3 Å². The number of aryl methyl sites for hydroxylation is 1. The number of carbonyl (C=O) groups is 1. The molecule has 226 valence electrons. The van der Waals surface area contributed by atoms with E-state index in [-0.39, 0.29) is 41.4 Å². The first-order valence-electron chi connectivity index (χ1n) is 13.8. The Morgan fingerprint density at radius 3 is 2.37 bits per heavy atom. The maximum atomic E-state index is 16.3. The first-order valence-corrected chi connectivity index (χ1v) is 13.8. The van der Waals surface area contributed by atoms with Gasteiger partial charge in [0.15, 0.2) is 11.6 Å². The molecule has 0 aliphatic carbocycles. The number of carbonyl (C=O) groups excluding carboxylic acids is 1. The summed E-state index contributed by atoms with van der Waals surface area (Å²) >= 11 is 0. The van der Waals surface area contributed by atoms with Crippen molar-refractivity contribution in [3.05, 3.63) is 77.1 Å². The second-order valence-corrected chi connectivity index (χ2v) is 11.3. The van der Waals surface area contributed by atoms with Gasteiger partial charge in [-0.15, -0.1) is 0 Å². The maximum Gasteiger partial charge on any atom is 0.410 e. The van der Waals surface area contributed by atoms with Crippen LogP contribution in [0, 0.1) is 24.4 Å². The van der Waals surface area contributed by atoms with E-state index in [0.717, 1.165) is 6.07 Å². The zero-order valence-electron chi connectivity index (χ0n) is 24.3. The highest BCUT2D eigenvalue weighted by molar-refractivity contribution is 5.95. The first-order chi connectivity index (χ1) is 20.4. The number of benzene rings is 2. The molecule has 0 saturated carbocycles. The highest BCUT2D eigenvalue weighted by atomic mass is 19.1. The number of phenolic OH excluding ortho intramolecular Hbond substituents is 1. The molecule has 0 radical (unpaired) electrons. The normalized spacial score (nSPS) is 13.9. The summed E-state index contributed by atoms with van der Waals surface area (Å²) in [6.45, 7) is 8.09. The van der Waals surface area contributed by atoms with Crippen LogP contribution < -0.4 is 4.90 Å². The summed E-state index contributed by atoms with van der Waals surface area (Å²) in [7, 11) is 0. The number of nitrogens with zero attached hydrogens (tertiary/aromatic N) is 5. The van der Waals surface area contributed by atoms with Gasteiger partial charge in [-0.2, -0.15) is 0 Å². The van der Waals surface area contributed by atoms with Gasteiger partial charge in [0.05, 0.1) is 12.2 Å². The van der Waals surface area contributed by atoms with Crippen LogP contribution in [0.3, 0.4) is 0 Å². The number of aromatic nitrogens is 3. The molecule has 1 aliphatic heterocycles. The molecule has 2 aromatic carbocycles. The Balaban J connectivity index is 1.52. The third kappa shape index (κ3) is 6.48. The van der Waals surface area contributed by atoms with E-state index in [0.29, 0.717) is 42.9 Å². The van der Waals surface area contributed by atoms with E-state index in [4.69, 9.17) is 9.47 Å². The van der Waals surface area contributed by atoms with Gasteiger partial charge in [0.1, 0.15) is 46.6 Å². The molecule has 1 saturated heterocycles. The number of halogens is 3. The predicted molar refractivity (Wildman–Crippen MR) is 154 cm³/mol. The SMILES string of the molecule is Cc1cc2c(N3CCN(C(=O)OC(C)(C)C)CC3)nc(COCc3ncccc3F)nc2c(F)c1-c1c(O)cccc1F. The Kier molecular flexibility index (Phi) is 8.41. The van der Waals surface area contributed by atoms with E-state index >= 15 is 4.39 Å². The largest absolute Gasteiger partial charge is 0.507 e. The van der Waals surface area contributed by atoms with Crippen LogP contribution in [0.1, 0.15) is 37.9 Å². The summed E-state index contributed by atoms with van der Waals surface area (Å²) in [6, 6.07) is 8.15. The summed E-state index contributed by atoms with van der Waals surface area (Å²) in [5, 5.41) is 10.8. The van der Waals surface area contributed by atoms with E-state index in [1.807, 2.05) is 4.90 Å². The van der Waals surface area contributed by atoms with Crippen molar-refractivity contribution in [2.24, 2.45) is 0 Å². The minimum atomic E-state index is -0.830. The van der Waals surface area contributed by atoms with Crippen molar-refractivity contribution in [3.8, 4) is 16.9 Å². The average molecular weight is 596 g/mol. The number of pyridine rings is 1. The van der Waals surface area contributed by atoms with Crippen molar-refractivity contribution in [2.45, 2.75) is 46.5 Å². The minimum Gasteiger partial charge on any atom is -0.507 e. The lowest BCUT2D eigenvalue weighted by atomic mass is 9.96. The molecule has 0 bridgehead atoms. The molecule has 1 aliphatic rings. The van der Waals surface area contributed by atoms with Crippen molar-refractivity contribution < 1.29 is 32.5 Å². The van der Waals surface area contributed by atoms with Crippen molar-refractivity contribution in [2.75, 3.05) is 31.1 Å². The average Bonchev–Trinajstić information content (AvgIpc) is 2.95. The second kappa shape index (κ2) is 12.0. The fourth-order valence-corrected chi connectivity index (χ4v) is 4.95. The highest BCUT2D eigenvalue weighted by Crippen LogP contribution is 2.40. The summed E-state index contributed by atoms with van der Waals surface area (Å²) in [4.78, 5) is 29.2. The van der Waals surface area contributed by atoms with Crippen molar-refractivity contribution in [1.82, 2.24) is 19.9 Å². The van der Waals surface area contributed by atoms with Crippen molar-refractivity contribution in [1.29, 1.82) is 0 Å². The summed E-state index contributed by atoms with van der Waals surface area (Å²) < 4.78 is 56.4. The third-order valence-corrected chi connectivity index (χ3v) is 6.93.